The Morgan fingerprint density at radius 2 is 1.64 bits per heavy atom. The first kappa shape index (κ1) is 18.0. The second-order valence-corrected chi connectivity index (χ2v) is 6.91. The molecule has 0 bridgehead atoms. The predicted octanol–water partition coefficient (Wildman–Crippen LogP) is 5.24. The first-order valence-corrected chi connectivity index (χ1v) is 9.79. The van der Waals surface area contributed by atoms with Crippen LogP contribution in [0.15, 0.2) is 102 Å². The molecule has 3 aromatic carbocycles. The van der Waals surface area contributed by atoms with Crippen molar-refractivity contribution >= 4 is 18.0 Å². The average Bonchev–Trinajstić information content (AvgIpc) is 3.20. The van der Waals surface area contributed by atoms with Gasteiger partial charge in [0.05, 0.1) is 6.21 Å². The second kappa shape index (κ2) is 9.01. The molecule has 138 valence electrons. The largest absolute Gasteiger partial charge is 0.457 e. The molecule has 0 saturated heterocycles. The average molecular weight is 386 g/mol. The number of hydrogen-bond donors (Lipinski definition) is 0. The fourth-order valence-electron chi connectivity index (χ4n) is 2.53. The van der Waals surface area contributed by atoms with Crippen LogP contribution in [0.1, 0.15) is 11.1 Å². The van der Waals surface area contributed by atoms with Gasteiger partial charge in [-0.25, -0.2) is 0 Å². The van der Waals surface area contributed by atoms with E-state index in [-0.39, 0.29) is 0 Å². The van der Waals surface area contributed by atoms with Gasteiger partial charge in [0, 0.05) is 5.75 Å². The third-order valence-corrected chi connectivity index (χ3v) is 4.88. The van der Waals surface area contributed by atoms with Crippen LogP contribution in [0.5, 0.6) is 11.5 Å². The molecule has 0 unspecified atom stereocenters. The summed E-state index contributed by atoms with van der Waals surface area (Å²) in [6, 6.07) is 27.7. The Labute approximate surface area is 167 Å². The highest BCUT2D eigenvalue weighted by Crippen LogP contribution is 2.22. The van der Waals surface area contributed by atoms with Crippen molar-refractivity contribution in [3.8, 4) is 11.5 Å². The molecule has 0 aliphatic heterocycles. The van der Waals surface area contributed by atoms with E-state index in [1.54, 1.807) is 29.0 Å². The Morgan fingerprint density at radius 3 is 2.46 bits per heavy atom. The number of para-hydroxylation sites is 1. The minimum absolute atomic E-state index is 0.747. The Hall–Kier alpha value is -3.38. The van der Waals surface area contributed by atoms with Crippen LogP contribution >= 0.6 is 11.8 Å². The van der Waals surface area contributed by atoms with Crippen LogP contribution in [0.3, 0.4) is 0 Å². The van der Waals surface area contributed by atoms with Gasteiger partial charge in [-0.15, -0.1) is 10.2 Å². The molecule has 4 rings (SSSR count). The summed E-state index contributed by atoms with van der Waals surface area (Å²) in [5, 5.41) is 13.4. The van der Waals surface area contributed by atoms with Crippen LogP contribution < -0.4 is 4.74 Å². The summed E-state index contributed by atoms with van der Waals surface area (Å²) < 4.78 is 7.55. The minimum atomic E-state index is 0.747. The van der Waals surface area contributed by atoms with Gasteiger partial charge < -0.3 is 4.74 Å². The van der Waals surface area contributed by atoms with Crippen molar-refractivity contribution in [3.63, 3.8) is 0 Å². The molecule has 5 nitrogen and oxygen atoms in total. The minimum Gasteiger partial charge on any atom is -0.457 e. The van der Waals surface area contributed by atoms with Crippen molar-refractivity contribution in [2.75, 3.05) is 0 Å². The summed E-state index contributed by atoms with van der Waals surface area (Å²) in [6.07, 6.45) is 3.38. The molecule has 4 aromatic rings. The zero-order valence-electron chi connectivity index (χ0n) is 15.1. The maximum absolute atomic E-state index is 5.87. The smallest absolute Gasteiger partial charge is 0.212 e. The maximum Gasteiger partial charge on any atom is 0.212 e. The van der Waals surface area contributed by atoms with Crippen molar-refractivity contribution < 1.29 is 4.74 Å². The highest BCUT2D eigenvalue weighted by atomic mass is 32.2. The van der Waals surface area contributed by atoms with Crippen LogP contribution in [0, 0.1) is 0 Å². The summed E-state index contributed by atoms with van der Waals surface area (Å²) in [4.78, 5) is 0. The van der Waals surface area contributed by atoms with Crippen molar-refractivity contribution in [2.45, 2.75) is 10.9 Å². The van der Waals surface area contributed by atoms with E-state index >= 15 is 0 Å². The summed E-state index contributed by atoms with van der Waals surface area (Å²) in [7, 11) is 0. The molecule has 0 aliphatic rings. The molecule has 0 aliphatic carbocycles. The lowest BCUT2D eigenvalue weighted by Gasteiger charge is -2.06. The van der Waals surface area contributed by atoms with E-state index in [2.05, 4.69) is 27.4 Å². The molecule has 0 atom stereocenters. The molecule has 0 spiro atoms. The molecule has 0 radical (unpaired) electrons. The molecule has 28 heavy (non-hydrogen) atoms. The molecule has 0 saturated carbocycles. The lowest BCUT2D eigenvalue weighted by atomic mass is 10.2. The van der Waals surface area contributed by atoms with E-state index in [1.165, 1.54) is 5.56 Å². The number of nitrogens with zero attached hydrogens (tertiary/aromatic N) is 4. The van der Waals surface area contributed by atoms with Crippen LogP contribution in [0.4, 0.5) is 0 Å². The zero-order valence-corrected chi connectivity index (χ0v) is 15.9. The normalized spacial score (nSPS) is 11.0. The number of benzene rings is 3. The van der Waals surface area contributed by atoms with Crippen LogP contribution in [0.2, 0.25) is 0 Å². The zero-order chi connectivity index (χ0) is 19.0. The second-order valence-electron chi connectivity index (χ2n) is 5.96. The van der Waals surface area contributed by atoms with E-state index in [9.17, 15) is 0 Å². The van der Waals surface area contributed by atoms with Crippen molar-refractivity contribution in [1.82, 2.24) is 14.9 Å². The molecule has 1 heterocycles. The van der Waals surface area contributed by atoms with Gasteiger partial charge in [-0.05, 0) is 35.4 Å². The van der Waals surface area contributed by atoms with Crippen molar-refractivity contribution in [2.24, 2.45) is 5.10 Å². The number of ether oxygens (including phenoxy) is 1. The highest BCUT2D eigenvalue weighted by Gasteiger charge is 2.04. The quantitative estimate of drug-likeness (QED) is 0.322. The maximum atomic E-state index is 5.87. The molecule has 0 fully saturated rings. The molecule has 0 amide bonds. The van der Waals surface area contributed by atoms with E-state index in [4.69, 9.17) is 4.74 Å². The van der Waals surface area contributed by atoms with Gasteiger partial charge in [0.1, 0.15) is 17.8 Å². The van der Waals surface area contributed by atoms with E-state index in [0.717, 1.165) is 28.0 Å². The summed E-state index contributed by atoms with van der Waals surface area (Å²) in [5.41, 5.74) is 2.16. The third kappa shape index (κ3) is 4.86. The topological polar surface area (TPSA) is 52.3 Å². The summed E-state index contributed by atoms with van der Waals surface area (Å²) >= 11 is 1.60. The number of hydrogen-bond acceptors (Lipinski definition) is 5. The Morgan fingerprint density at radius 1 is 0.893 bits per heavy atom. The summed E-state index contributed by atoms with van der Waals surface area (Å²) in [5.74, 6) is 2.38. The van der Waals surface area contributed by atoms with E-state index in [0.29, 0.717) is 0 Å². The third-order valence-electron chi connectivity index (χ3n) is 3.88. The number of rotatable bonds is 7. The van der Waals surface area contributed by atoms with Crippen LogP contribution in [-0.2, 0) is 5.75 Å². The fourth-order valence-corrected chi connectivity index (χ4v) is 3.35. The van der Waals surface area contributed by atoms with Crippen molar-refractivity contribution in [1.29, 1.82) is 0 Å². The Bertz CT molecular complexity index is 1050. The van der Waals surface area contributed by atoms with Gasteiger partial charge in [-0.3, -0.25) is 0 Å². The monoisotopic (exact) mass is 386 g/mol. The van der Waals surface area contributed by atoms with Gasteiger partial charge >= 0.3 is 0 Å². The SMILES string of the molecule is C(=N/n1cnnc1SCc1ccccc1)/c1cccc(Oc2ccccc2)c1. The molecule has 6 heteroatoms. The first-order valence-electron chi connectivity index (χ1n) is 8.81. The van der Waals surface area contributed by atoms with Gasteiger partial charge in [-0.1, -0.05) is 72.4 Å². The van der Waals surface area contributed by atoms with Gasteiger partial charge in [0.2, 0.25) is 5.16 Å². The fraction of sp³-hybridized carbons (Fsp3) is 0.0455. The highest BCUT2D eigenvalue weighted by molar-refractivity contribution is 7.98. The van der Waals surface area contributed by atoms with E-state index in [1.807, 2.05) is 72.8 Å². The van der Waals surface area contributed by atoms with Gasteiger partial charge in [0.15, 0.2) is 0 Å². The number of aromatic nitrogens is 3. The molecule has 0 N–H and O–H groups in total. The molecular formula is C22H18N4OS. The predicted molar refractivity (Wildman–Crippen MR) is 112 cm³/mol. The standard InChI is InChI=1S/C22H18N4OS/c1-3-8-18(9-4-1)16-28-22-25-23-17-26(22)24-15-19-10-7-13-21(14-19)27-20-11-5-2-6-12-20/h1-15,17H,16H2/b24-15-. The Kier molecular flexibility index (Phi) is 5.80. The Balaban J connectivity index is 1.43. The van der Waals surface area contributed by atoms with Crippen molar-refractivity contribution in [3.05, 3.63) is 102 Å². The first-order chi connectivity index (χ1) is 13.9. The van der Waals surface area contributed by atoms with Crippen LogP contribution in [0.25, 0.3) is 0 Å². The lowest BCUT2D eigenvalue weighted by Crippen LogP contribution is -1.93. The summed E-state index contributed by atoms with van der Waals surface area (Å²) in [6.45, 7) is 0. The van der Waals surface area contributed by atoms with Crippen LogP contribution in [-0.4, -0.2) is 21.1 Å². The van der Waals surface area contributed by atoms with Gasteiger partial charge in [-0.2, -0.15) is 9.78 Å². The lowest BCUT2D eigenvalue weighted by molar-refractivity contribution is 0.482. The molecule has 1 aromatic heterocycles. The molecular weight excluding hydrogens is 368 g/mol. The number of thioether (sulfide) groups is 1. The van der Waals surface area contributed by atoms with Gasteiger partial charge in [0.25, 0.3) is 0 Å². The van der Waals surface area contributed by atoms with E-state index < -0.39 is 0 Å².